The first-order chi connectivity index (χ1) is 21.0. The van der Waals surface area contributed by atoms with Gasteiger partial charge < -0.3 is 33.9 Å². The fourth-order valence-corrected chi connectivity index (χ4v) is 5.51. The molecule has 0 saturated carbocycles. The fourth-order valence-electron chi connectivity index (χ4n) is 5.29. The van der Waals surface area contributed by atoms with E-state index in [2.05, 4.69) is 0 Å². The first-order valence-corrected chi connectivity index (χ1v) is 14.6. The summed E-state index contributed by atoms with van der Waals surface area (Å²) in [5.74, 6) is -0.307. The Kier molecular flexibility index (Phi) is 8.82. The largest absolute Gasteiger partial charge is 0.468 e. The second-order valence-corrected chi connectivity index (χ2v) is 11.9. The highest BCUT2D eigenvalue weighted by molar-refractivity contribution is 6.32. The Balaban J connectivity index is 1.60. The van der Waals surface area contributed by atoms with Gasteiger partial charge in [0.15, 0.2) is 11.5 Å². The molecule has 0 radical (unpaired) electrons. The zero-order valence-electron chi connectivity index (χ0n) is 25.1. The summed E-state index contributed by atoms with van der Waals surface area (Å²) in [6.07, 6.45) is 0.309. The van der Waals surface area contributed by atoms with E-state index >= 15 is 0 Å². The van der Waals surface area contributed by atoms with Crippen molar-refractivity contribution in [2.24, 2.45) is 0 Å². The lowest BCUT2D eigenvalue weighted by Gasteiger charge is -2.38. The second kappa shape index (κ2) is 12.6. The lowest BCUT2D eigenvalue weighted by Crippen LogP contribution is -2.51. The van der Waals surface area contributed by atoms with Gasteiger partial charge in [-0.3, -0.25) is 14.2 Å². The zero-order valence-corrected chi connectivity index (χ0v) is 25.9. The van der Waals surface area contributed by atoms with Crippen LogP contribution in [0.25, 0.3) is 5.69 Å². The van der Waals surface area contributed by atoms with Crippen LogP contribution < -0.4 is 9.80 Å². The molecule has 0 bridgehead atoms. The number of ether oxygens (including phenoxy) is 2. The van der Waals surface area contributed by atoms with Crippen LogP contribution in [0.15, 0.2) is 54.6 Å². The number of imidazole rings is 1. The topological polar surface area (TPSA) is 118 Å². The number of amides is 2. The number of aldehydes is 1. The predicted octanol–water partition coefficient (Wildman–Crippen LogP) is 3.92. The quantitative estimate of drug-likeness (QED) is 0.285. The number of hydrogen-bond acceptors (Lipinski definition) is 9. The maximum Gasteiger partial charge on any atom is 0.410 e. The number of esters is 1. The molecule has 5 rings (SSSR count). The van der Waals surface area contributed by atoms with Crippen molar-refractivity contribution in [2.75, 3.05) is 56.3 Å². The molecule has 0 spiro atoms. The van der Waals surface area contributed by atoms with Crippen LogP contribution in [0, 0.1) is 0 Å². The average Bonchev–Trinajstić information content (AvgIpc) is 3.41. The lowest BCUT2D eigenvalue weighted by molar-refractivity contribution is -0.139. The third-order valence-corrected chi connectivity index (χ3v) is 7.71. The monoisotopic (exact) mass is 622 g/mol. The van der Waals surface area contributed by atoms with Crippen molar-refractivity contribution in [1.82, 2.24) is 19.4 Å². The number of aromatic nitrogens is 2. The molecule has 0 aliphatic carbocycles. The van der Waals surface area contributed by atoms with Crippen LogP contribution >= 0.6 is 11.6 Å². The lowest BCUT2D eigenvalue weighted by atomic mass is 10.1. The summed E-state index contributed by atoms with van der Waals surface area (Å²) in [5.41, 5.74) is 0.658. The summed E-state index contributed by atoms with van der Waals surface area (Å²) in [6.45, 7) is 6.69. The smallest absolute Gasteiger partial charge is 0.410 e. The van der Waals surface area contributed by atoms with E-state index in [1.165, 1.54) is 12.0 Å². The highest BCUT2D eigenvalue weighted by Crippen LogP contribution is 2.38. The van der Waals surface area contributed by atoms with E-state index in [1.54, 1.807) is 62.9 Å². The van der Waals surface area contributed by atoms with E-state index in [0.29, 0.717) is 54.7 Å². The molecular formula is C31H35ClN6O6. The number of fused-ring (bicyclic) bond motifs is 1. The maximum absolute atomic E-state index is 14.4. The number of para-hydroxylation sites is 1. The van der Waals surface area contributed by atoms with E-state index in [-0.39, 0.29) is 24.7 Å². The molecule has 1 fully saturated rings. The first-order valence-electron chi connectivity index (χ1n) is 14.3. The third-order valence-electron chi connectivity index (χ3n) is 7.39. The summed E-state index contributed by atoms with van der Waals surface area (Å²) < 4.78 is 12.2. The van der Waals surface area contributed by atoms with Gasteiger partial charge in [-0.1, -0.05) is 54.1 Å². The molecule has 2 aromatic carbocycles. The van der Waals surface area contributed by atoms with Crippen LogP contribution in [0.1, 0.15) is 42.9 Å². The molecule has 13 heteroatoms. The molecule has 3 heterocycles. The Labute approximate surface area is 260 Å². The SMILES string of the molecule is COC(=O)CN1CN(C(C=O)c2ccccc2)C(=O)c2c1nc(N1CCN(C(=O)OC(C)(C)C)CC1)n2-c1ccccc1Cl. The standard InChI is InChI=1S/C31H35ClN6O6/c1-31(2,3)44-30(42)35-16-14-34(15-17-35)29-33-27-26(38(29)23-13-9-8-12-22(23)32)28(41)37(20-36(27)18-25(40)43-4)24(19-39)21-10-6-5-7-11-21/h5-13,19,24H,14-18,20H2,1-4H3. The van der Waals surface area contributed by atoms with Gasteiger partial charge in [0.1, 0.15) is 24.5 Å². The van der Waals surface area contributed by atoms with Gasteiger partial charge in [-0.15, -0.1) is 0 Å². The molecule has 1 atom stereocenters. The summed E-state index contributed by atoms with van der Waals surface area (Å²) in [4.78, 5) is 63.7. The molecule has 0 N–H and O–H groups in total. The molecule has 44 heavy (non-hydrogen) atoms. The van der Waals surface area contributed by atoms with Gasteiger partial charge in [-0.25, -0.2) is 4.79 Å². The number of anilines is 2. The zero-order chi connectivity index (χ0) is 31.6. The number of benzene rings is 2. The Morgan fingerprint density at radius 2 is 1.68 bits per heavy atom. The molecule has 3 aromatic rings. The molecular weight excluding hydrogens is 588 g/mol. The third kappa shape index (κ3) is 6.21. The Bertz CT molecular complexity index is 1550. The summed E-state index contributed by atoms with van der Waals surface area (Å²) in [6, 6.07) is 15.1. The van der Waals surface area contributed by atoms with Crippen LogP contribution in [-0.2, 0) is 19.1 Å². The van der Waals surface area contributed by atoms with Crippen LogP contribution in [0.3, 0.4) is 0 Å². The normalized spacial score (nSPS) is 16.0. The van der Waals surface area contributed by atoms with Crippen molar-refractivity contribution < 1.29 is 28.7 Å². The number of carbonyl (C=O) groups is 4. The number of rotatable bonds is 7. The van der Waals surface area contributed by atoms with E-state index in [0.717, 1.165) is 0 Å². The van der Waals surface area contributed by atoms with Gasteiger partial charge in [0.25, 0.3) is 5.91 Å². The van der Waals surface area contributed by atoms with Crippen LogP contribution in [-0.4, -0.2) is 95.7 Å². The fraction of sp³-hybridized carbons (Fsp3) is 0.387. The number of nitrogens with zero attached hydrogens (tertiary/aromatic N) is 6. The minimum absolute atomic E-state index is 0.0787. The second-order valence-electron chi connectivity index (χ2n) is 11.5. The van der Waals surface area contributed by atoms with Crippen molar-refractivity contribution in [1.29, 1.82) is 0 Å². The molecule has 232 valence electrons. The van der Waals surface area contributed by atoms with Gasteiger partial charge >= 0.3 is 12.1 Å². The van der Waals surface area contributed by atoms with Gasteiger partial charge in [0.2, 0.25) is 5.95 Å². The van der Waals surface area contributed by atoms with Gasteiger partial charge in [-0.2, -0.15) is 4.98 Å². The van der Waals surface area contributed by atoms with Crippen molar-refractivity contribution in [3.63, 3.8) is 0 Å². The molecule has 12 nitrogen and oxygen atoms in total. The number of halogens is 1. The predicted molar refractivity (Wildman–Crippen MR) is 164 cm³/mol. The molecule has 1 unspecified atom stereocenters. The average molecular weight is 623 g/mol. The van der Waals surface area contributed by atoms with Crippen LogP contribution in [0.4, 0.5) is 16.6 Å². The van der Waals surface area contributed by atoms with Crippen molar-refractivity contribution >= 4 is 47.6 Å². The van der Waals surface area contributed by atoms with E-state index in [1.807, 2.05) is 31.7 Å². The van der Waals surface area contributed by atoms with Crippen molar-refractivity contribution in [2.45, 2.75) is 32.4 Å². The van der Waals surface area contributed by atoms with E-state index < -0.39 is 29.6 Å². The van der Waals surface area contributed by atoms with Gasteiger partial charge in [-0.05, 0) is 38.5 Å². The molecule has 1 aromatic heterocycles. The molecule has 2 aliphatic heterocycles. The summed E-state index contributed by atoms with van der Waals surface area (Å²) in [7, 11) is 1.28. The number of hydrogen-bond donors (Lipinski definition) is 0. The maximum atomic E-state index is 14.4. The highest BCUT2D eigenvalue weighted by atomic mass is 35.5. The van der Waals surface area contributed by atoms with E-state index in [9.17, 15) is 19.2 Å². The molecule has 1 saturated heterocycles. The Hall–Kier alpha value is -4.58. The number of carbonyl (C=O) groups excluding carboxylic acids is 4. The Morgan fingerprint density at radius 1 is 1.02 bits per heavy atom. The van der Waals surface area contributed by atoms with Crippen LogP contribution in [0.5, 0.6) is 0 Å². The van der Waals surface area contributed by atoms with Gasteiger partial charge in [0, 0.05) is 26.2 Å². The Morgan fingerprint density at radius 3 is 2.30 bits per heavy atom. The van der Waals surface area contributed by atoms with Crippen molar-refractivity contribution in [3.05, 3.63) is 70.9 Å². The number of piperazine rings is 1. The molecule has 2 amide bonds. The van der Waals surface area contributed by atoms with Crippen molar-refractivity contribution in [3.8, 4) is 5.69 Å². The summed E-state index contributed by atoms with van der Waals surface area (Å²) in [5, 5.41) is 0.376. The number of methoxy groups -OCH3 is 1. The highest BCUT2D eigenvalue weighted by Gasteiger charge is 2.42. The van der Waals surface area contributed by atoms with Gasteiger partial charge in [0.05, 0.1) is 24.5 Å². The molecule has 2 aliphatic rings. The minimum atomic E-state index is -0.924. The summed E-state index contributed by atoms with van der Waals surface area (Å²) >= 11 is 6.70. The minimum Gasteiger partial charge on any atom is -0.468 e. The first kappa shape index (κ1) is 30.9. The van der Waals surface area contributed by atoms with Crippen LogP contribution in [0.2, 0.25) is 5.02 Å². The van der Waals surface area contributed by atoms with E-state index in [4.69, 9.17) is 26.1 Å².